The average Bonchev–Trinajstić information content (AvgIpc) is 2.30. The number of pyridine rings is 3. The van der Waals surface area contributed by atoms with Crippen LogP contribution in [0.2, 0.25) is 0 Å². The van der Waals surface area contributed by atoms with Gasteiger partial charge in [0, 0.05) is 24.0 Å². The smallest absolute Gasteiger partial charge is 0.500 e. The van der Waals surface area contributed by atoms with E-state index in [1.807, 2.05) is 42.6 Å². The summed E-state index contributed by atoms with van der Waals surface area (Å²) >= 11 is 0. The standard InChI is InChI=1S/C79H73FN3O.Ir/c1-75(2)42-51-36-50-16-17-59-22-30-65(73-71(59)66-31-32-67(80)72(74(66)84-73)58-14-12-11-13-15-58)70-35-29-64(49-83-70)79(9,10)46-55-40-53(44-77(5,6)62-27-33-68(81-47-62)56-18-23-60(75)24-19-56)39-54(41-55)45-78(7,8)63-28-34-69(82-48-63)57-20-25-61(26-21-57)76(3,4)43-52(37-50)38-51;/h11-15,18,20,22-29,31-41,47-49H,16-17,42-46H2,1-10H3;/q-3;+3. The second-order valence-electron chi connectivity index (χ2n) is 27.6. The van der Waals surface area contributed by atoms with Crippen LogP contribution in [0.4, 0.5) is 4.39 Å². The SMILES string of the molecule is CC1(C)Cc2cc3cc(c2)CC(C)(C)c2c[c-]c(cc2)-c2ccc(cn2)C(C)(C)Cc2cc(cc(c2)CC(C)(C)c2ccc(nc2)-c2[c-]cc(c4c2oc2c(-c5ccccc5)c(F)ccc24)CC3)CC(C)(C)c2ccc(nc2)-c2[c-]cc1cc2.[Ir+3]. The molecule has 0 saturated heterocycles. The Kier molecular flexibility index (Phi) is 15.0. The van der Waals surface area contributed by atoms with Gasteiger partial charge in [-0.25, -0.2) is 4.39 Å². The van der Waals surface area contributed by atoms with Gasteiger partial charge in [0.2, 0.25) is 0 Å². The van der Waals surface area contributed by atoms with Gasteiger partial charge in [0.1, 0.15) is 11.4 Å². The van der Waals surface area contributed by atoms with Crippen molar-refractivity contribution in [1.29, 1.82) is 0 Å². The van der Waals surface area contributed by atoms with Gasteiger partial charge >= 0.3 is 20.1 Å². The Hall–Kier alpha value is -7.63. The normalized spacial score (nSPS) is 16.7. The Bertz CT molecular complexity index is 4110. The Morgan fingerprint density at radius 3 is 1.26 bits per heavy atom. The summed E-state index contributed by atoms with van der Waals surface area (Å²) in [5, 5.41) is 1.85. The molecular formula is C79H73FIrN3O. The zero-order chi connectivity index (χ0) is 58.3. The predicted octanol–water partition coefficient (Wildman–Crippen LogP) is 19.0. The molecule has 0 N–H and O–H groups in total. The van der Waals surface area contributed by atoms with Gasteiger partial charge in [0.05, 0.1) is 11.1 Å². The molecule has 0 unspecified atom stereocenters. The fourth-order valence-corrected chi connectivity index (χ4v) is 13.7. The van der Waals surface area contributed by atoms with E-state index < -0.39 is 0 Å². The van der Waals surface area contributed by atoms with Crippen molar-refractivity contribution >= 4 is 21.9 Å². The first kappa shape index (κ1) is 57.8. The fourth-order valence-electron chi connectivity index (χ4n) is 13.7. The van der Waals surface area contributed by atoms with Crippen LogP contribution < -0.4 is 0 Å². The van der Waals surface area contributed by atoms with Gasteiger partial charge in [-0.1, -0.05) is 190 Å². The van der Waals surface area contributed by atoms with E-state index in [0.29, 0.717) is 23.2 Å². The first-order valence-corrected chi connectivity index (χ1v) is 30.0. The molecule has 16 heterocycles. The molecule has 6 heteroatoms. The molecule has 32 rings (SSSR count). The van der Waals surface area contributed by atoms with E-state index in [0.717, 1.165) is 99.8 Å². The number of aryl methyl sites for hydroxylation is 2. The summed E-state index contributed by atoms with van der Waals surface area (Å²) in [5.74, 6) is -0.322. The van der Waals surface area contributed by atoms with Gasteiger partial charge in [-0.2, -0.15) is 0 Å². The van der Waals surface area contributed by atoms with Gasteiger partial charge in [-0.3, -0.25) is 0 Å². The molecule has 0 fully saturated rings. The van der Waals surface area contributed by atoms with Crippen molar-refractivity contribution < 1.29 is 28.9 Å². The van der Waals surface area contributed by atoms with Crippen LogP contribution in [-0.4, -0.2) is 15.0 Å². The van der Waals surface area contributed by atoms with Crippen LogP contribution in [0.25, 0.3) is 66.8 Å². The van der Waals surface area contributed by atoms with Crippen molar-refractivity contribution in [3.63, 3.8) is 0 Å². The van der Waals surface area contributed by atoms with Crippen LogP contribution in [0.3, 0.4) is 0 Å². The van der Waals surface area contributed by atoms with Crippen molar-refractivity contribution in [2.75, 3.05) is 0 Å². The first-order chi connectivity index (χ1) is 40.1. The molecule has 12 aliphatic heterocycles. The van der Waals surface area contributed by atoms with Crippen molar-refractivity contribution in [2.24, 2.45) is 0 Å². The van der Waals surface area contributed by atoms with E-state index in [1.165, 1.54) is 55.6 Å². The number of rotatable bonds is 1. The zero-order valence-electron chi connectivity index (χ0n) is 50.7. The fraction of sp³-hybridized carbons (Fsp3) is 0.278. The van der Waals surface area contributed by atoms with Crippen LogP contribution >= 0.6 is 0 Å². The summed E-state index contributed by atoms with van der Waals surface area (Å²) < 4.78 is 23.4. The number of fused-ring (bicyclic) bond motifs is 1. The molecule has 0 amide bonds. The average molecular weight is 1290 g/mol. The summed E-state index contributed by atoms with van der Waals surface area (Å²) in [6.07, 6.45) is 11.8. The molecule has 0 saturated carbocycles. The van der Waals surface area contributed by atoms with Gasteiger partial charge in [-0.05, 0) is 150 Å². The topological polar surface area (TPSA) is 51.8 Å². The minimum atomic E-state index is -0.322. The quantitative estimate of drug-likeness (QED) is 0.154. The molecule has 4 nitrogen and oxygen atoms in total. The summed E-state index contributed by atoms with van der Waals surface area (Å²) in [7, 11) is 0. The van der Waals surface area contributed by atoms with Crippen molar-refractivity contribution in [1.82, 2.24) is 15.0 Å². The second-order valence-corrected chi connectivity index (χ2v) is 27.6. The number of furan rings is 1. The minimum Gasteiger partial charge on any atom is -0.500 e. The molecule has 21 aliphatic rings. The Morgan fingerprint density at radius 2 is 0.835 bits per heavy atom. The van der Waals surface area contributed by atoms with E-state index in [1.54, 1.807) is 6.07 Å². The molecule has 0 radical (unpaired) electrons. The number of halogens is 1. The number of benzene rings is 7. The van der Waals surface area contributed by atoms with Gasteiger partial charge in [-0.15, -0.1) is 88.5 Å². The Balaban J connectivity index is 0.00000709. The van der Waals surface area contributed by atoms with E-state index >= 15 is 4.39 Å². The molecule has 426 valence electrons. The molecule has 0 atom stereocenters. The molecule has 0 spiro atoms. The van der Waals surface area contributed by atoms with Gasteiger partial charge in [0.25, 0.3) is 0 Å². The number of aromatic nitrogens is 3. The monoisotopic (exact) mass is 1290 g/mol. The third-order valence-corrected chi connectivity index (χ3v) is 18.6. The predicted molar refractivity (Wildman–Crippen MR) is 342 cm³/mol. The Morgan fingerprint density at radius 1 is 0.412 bits per heavy atom. The van der Waals surface area contributed by atoms with E-state index in [-0.39, 0.29) is 53.0 Å². The summed E-state index contributed by atoms with van der Waals surface area (Å²) in [6, 6.07) is 67.5. The Labute approximate surface area is 515 Å². The number of hydrogen-bond acceptors (Lipinski definition) is 4. The maximum atomic E-state index is 16.3. The first-order valence-electron chi connectivity index (χ1n) is 30.0. The van der Waals surface area contributed by atoms with E-state index in [4.69, 9.17) is 19.4 Å². The number of hydrogen-bond donors (Lipinski definition) is 0. The van der Waals surface area contributed by atoms with Crippen LogP contribution in [0.1, 0.15) is 136 Å². The molecular weight excluding hydrogens is 1220 g/mol. The minimum absolute atomic E-state index is 0. The van der Waals surface area contributed by atoms with Crippen molar-refractivity contribution in [2.45, 2.75) is 141 Å². The largest absolute Gasteiger partial charge is 3.00 e. The summed E-state index contributed by atoms with van der Waals surface area (Å²) in [5.41, 5.74) is 21.4. The van der Waals surface area contributed by atoms with Crippen molar-refractivity contribution in [3.05, 3.63) is 267 Å². The zero-order valence-corrected chi connectivity index (χ0v) is 53.0. The third kappa shape index (κ3) is 11.4. The van der Waals surface area contributed by atoms with Crippen LogP contribution in [0.15, 0.2) is 181 Å². The summed E-state index contributed by atoms with van der Waals surface area (Å²) in [4.78, 5) is 15.5. The van der Waals surface area contributed by atoms with E-state index in [9.17, 15) is 0 Å². The van der Waals surface area contributed by atoms with Crippen molar-refractivity contribution in [3.8, 4) is 44.9 Å². The molecule has 7 aromatic carbocycles. The molecule has 4 aromatic heterocycles. The molecule has 11 aromatic rings. The maximum absolute atomic E-state index is 16.3. The van der Waals surface area contributed by atoms with Crippen LogP contribution in [0.5, 0.6) is 0 Å². The van der Waals surface area contributed by atoms with Crippen LogP contribution in [0, 0.1) is 24.0 Å². The maximum Gasteiger partial charge on any atom is 3.00 e. The van der Waals surface area contributed by atoms with E-state index in [2.05, 4.69) is 215 Å². The number of nitrogens with zero attached hydrogens (tertiary/aromatic N) is 3. The third-order valence-electron chi connectivity index (χ3n) is 18.6. The van der Waals surface area contributed by atoms with Crippen LogP contribution in [-0.2, 0) is 92.1 Å². The molecule has 9 aliphatic carbocycles. The molecule has 85 heavy (non-hydrogen) atoms. The molecule has 18 bridgehead atoms. The summed E-state index contributed by atoms with van der Waals surface area (Å²) in [6.45, 7) is 23.4. The van der Waals surface area contributed by atoms with Gasteiger partial charge < -0.3 is 19.4 Å². The van der Waals surface area contributed by atoms with Gasteiger partial charge in [0.15, 0.2) is 0 Å². The second kappa shape index (κ2) is 22.0.